The Kier molecular flexibility index (Phi) is 5.29. The summed E-state index contributed by atoms with van der Waals surface area (Å²) in [4.78, 5) is 29.4. The lowest BCUT2D eigenvalue weighted by atomic mass is 10.1. The van der Waals surface area contributed by atoms with Crippen molar-refractivity contribution in [2.75, 3.05) is 14.2 Å². The molecule has 2 N–H and O–H groups in total. The molecule has 0 unspecified atom stereocenters. The SMILES string of the molecule is COc1cc(N=C2NC(=O)C(=Cc3cccs3)S2)c(C(=O)O)cc1OC. The maximum absolute atomic E-state index is 12.1. The van der Waals surface area contributed by atoms with E-state index in [0.29, 0.717) is 15.8 Å². The van der Waals surface area contributed by atoms with Gasteiger partial charge in [-0.15, -0.1) is 11.3 Å². The second-order valence-electron chi connectivity index (χ2n) is 5.03. The number of amidine groups is 1. The van der Waals surface area contributed by atoms with E-state index < -0.39 is 5.97 Å². The predicted octanol–water partition coefficient (Wildman–Crippen LogP) is 3.36. The molecule has 1 aromatic carbocycles. The van der Waals surface area contributed by atoms with Crippen molar-refractivity contribution in [2.45, 2.75) is 0 Å². The van der Waals surface area contributed by atoms with E-state index in [0.717, 1.165) is 16.6 Å². The van der Waals surface area contributed by atoms with Gasteiger partial charge in [-0.05, 0) is 29.3 Å². The summed E-state index contributed by atoms with van der Waals surface area (Å²) in [6.45, 7) is 0. The fourth-order valence-corrected chi connectivity index (χ4v) is 3.78. The van der Waals surface area contributed by atoms with Crippen LogP contribution in [0.3, 0.4) is 0 Å². The molecule has 1 aliphatic heterocycles. The number of aliphatic imine (C=N–C) groups is 1. The molecule has 7 nitrogen and oxygen atoms in total. The molecule has 1 aliphatic rings. The van der Waals surface area contributed by atoms with Gasteiger partial charge in [0.25, 0.3) is 5.91 Å². The normalized spacial score (nSPS) is 16.8. The number of carboxylic acids is 1. The van der Waals surface area contributed by atoms with Crippen LogP contribution in [-0.4, -0.2) is 36.4 Å². The molecule has 1 fully saturated rings. The van der Waals surface area contributed by atoms with E-state index in [-0.39, 0.29) is 22.9 Å². The minimum atomic E-state index is -1.16. The van der Waals surface area contributed by atoms with E-state index in [2.05, 4.69) is 10.3 Å². The third-order valence-electron chi connectivity index (χ3n) is 3.42. The summed E-state index contributed by atoms with van der Waals surface area (Å²) in [6, 6.07) is 6.59. The van der Waals surface area contributed by atoms with Gasteiger partial charge in [-0.25, -0.2) is 9.79 Å². The largest absolute Gasteiger partial charge is 0.493 e. The third-order valence-corrected chi connectivity index (χ3v) is 5.15. The van der Waals surface area contributed by atoms with Gasteiger partial charge < -0.3 is 19.9 Å². The molecule has 1 amide bonds. The van der Waals surface area contributed by atoms with Crippen molar-refractivity contribution in [1.29, 1.82) is 0 Å². The highest BCUT2D eigenvalue weighted by atomic mass is 32.2. The van der Waals surface area contributed by atoms with Crippen LogP contribution in [0.15, 0.2) is 39.5 Å². The fourth-order valence-electron chi connectivity index (χ4n) is 2.22. The van der Waals surface area contributed by atoms with E-state index in [1.165, 1.54) is 37.7 Å². The van der Waals surface area contributed by atoms with Gasteiger partial charge in [-0.1, -0.05) is 6.07 Å². The number of methoxy groups -OCH3 is 2. The average molecular weight is 390 g/mol. The van der Waals surface area contributed by atoms with Crippen LogP contribution in [0.25, 0.3) is 6.08 Å². The zero-order valence-electron chi connectivity index (χ0n) is 13.8. The lowest BCUT2D eigenvalue weighted by Gasteiger charge is -2.10. The molecule has 9 heteroatoms. The molecule has 0 atom stereocenters. The van der Waals surface area contributed by atoms with Gasteiger partial charge in [0, 0.05) is 17.0 Å². The Bertz CT molecular complexity index is 919. The molecule has 134 valence electrons. The third kappa shape index (κ3) is 3.73. The number of thiophene rings is 1. The molecule has 2 heterocycles. The molecular weight excluding hydrogens is 376 g/mol. The molecule has 0 radical (unpaired) electrons. The Morgan fingerprint density at radius 1 is 1.27 bits per heavy atom. The molecule has 3 rings (SSSR count). The standard InChI is InChI=1S/C17H14N2O5S2/c1-23-12-7-10(16(21)22)11(8-13(12)24-2)18-17-19-15(20)14(26-17)6-9-4-3-5-25-9/h3-8H,1-2H3,(H,21,22)(H,18,19,20). The summed E-state index contributed by atoms with van der Waals surface area (Å²) in [6.07, 6.45) is 1.76. The summed E-state index contributed by atoms with van der Waals surface area (Å²) >= 11 is 2.66. The number of benzene rings is 1. The summed E-state index contributed by atoms with van der Waals surface area (Å²) in [7, 11) is 2.87. The van der Waals surface area contributed by atoms with Gasteiger partial charge in [0.15, 0.2) is 16.7 Å². The maximum Gasteiger partial charge on any atom is 0.338 e. The number of amides is 1. The molecule has 0 aliphatic carbocycles. The molecule has 1 aromatic heterocycles. The number of thioether (sulfide) groups is 1. The van der Waals surface area contributed by atoms with E-state index >= 15 is 0 Å². The molecular formula is C17H14N2O5S2. The Balaban J connectivity index is 1.97. The summed E-state index contributed by atoms with van der Waals surface area (Å²) in [5.74, 6) is -0.802. The second-order valence-corrected chi connectivity index (χ2v) is 7.04. The van der Waals surface area contributed by atoms with Gasteiger partial charge >= 0.3 is 5.97 Å². The number of nitrogens with one attached hydrogen (secondary N) is 1. The van der Waals surface area contributed by atoms with Crippen LogP contribution in [0.4, 0.5) is 5.69 Å². The first-order valence-corrected chi connectivity index (χ1v) is 9.04. The van der Waals surface area contributed by atoms with Gasteiger partial charge in [-0.2, -0.15) is 0 Å². The van der Waals surface area contributed by atoms with Gasteiger partial charge in [0.05, 0.1) is 30.4 Å². The van der Waals surface area contributed by atoms with Crippen molar-refractivity contribution in [2.24, 2.45) is 4.99 Å². The van der Waals surface area contributed by atoms with Crippen LogP contribution >= 0.6 is 23.1 Å². The van der Waals surface area contributed by atoms with Gasteiger partial charge in [-0.3, -0.25) is 4.79 Å². The van der Waals surface area contributed by atoms with Crippen LogP contribution in [0.2, 0.25) is 0 Å². The quantitative estimate of drug-likeness (QED) is 0.760. The first-order valence-electron chi connectivity index (χ1n) is 7.34. The number of nitrogens with zero attached hydrogens (tertiary/aromatic N) is 1. The highest BCUT2D eigenvalue weighted by molar-refractivity contribution is 8.18. The number of rotatable bonds is 5. The highest BCUT2D eigenvalue weighted by Gasteiger charge is 2.25. The lowest BCUT2D eigenvalue weighted by molar-refractivity contribution is -0.115. The fraction of sp³-hybridized carbons (Fsp3) is 0.118. The van der Waals surface area contributed by atoms with Gasteiger partial charge in [0.2, 0.25) is 0 Å². The Hall–Kier alpha value is -2.78. The smallest absolute Gasteiger partial charge is 0.338 e. The zero-order valence-corrected chi connectivity index (χ0v) is 15.4. The average Bonchev–Trinajstić information content (AvgIpc) is 3.24. The Labute approximate surface area is 157 Å². The van der Waals surface area contributed by atoms with E-state index in [1.54, 1.807) is 6.08 Å². The van der Waals surface area contributed by atoms with E-state index in [9.17, 15) is 14.7 Å². The van der Waals surface area contributed by atoms with Crippen LogP contribution in [0.1, 0.15) is 15.2 Å². The molecule has 0 saturated carbocycles. The molecule has 1 saturated heterocycles. The van der Waals surface area contributed by atoms with E-state index in [4.69, 9.17) is 9.47 Å². The van der Waals surface area contributed by atoms with Crippen LogP contribution in [0, 0.1) is 0 Å². The minimum Gasteiger partial charge on any atom is -0.493 e. The van der Waals surface area contributed by atoms with Crippen LogP contribution in [-0.2, 0) is 4.79 Å². The topological polar surface area (TPSA) is 97.2 Å². The van der Waals surface area contributed by atoms with Crippen LogP contribution in [0.5, 0.6) is 11.5 Å². The number of carboxylic acid groups (broad SMARTS) is 1. The molecule has 0 spiro atoms. The van der Waals surface area contributed by atoms with Crippen LogP contribution < -0.4 is 14.8 Å². The highest BCUT2D eigenvalue weighted by Crippen LogP contribution is 2.36. The monoisotopic (exact) mass is 390 g/mol. The number of aromatic carboxylic acids is 1. The van der Waals surface area contributed by atoms with Crippen molar-refractivity contribution in [3.8, 4) is 11.5 Å². The first kappa shape index (κ1) is 18.0. The second kappa shape index (κ2) is 7.63. The van der Waals surface area contributed by atoms with E-state index in [1.807, 2.05) is 17.5 Å². The summed E-state index contributed by atoms with van der Waals surface area (Å²) < 4.78 is 10.3. The molecule has 2 aromatic rings. The number of carbonyl (C=O) groups is 2. The maximum atomic E-state index is 12.1. The zero-order chi connectivity index (χ0) is 18.7. The van der Waals surface area contributed by atoms with Crippen molar-refractivity contribution >= 4 is 51.9 Å². The Morgan fingerprint density at radius 3 is 2.62 bits per heavy atom. The van der Waals surface area contributed by atoms with Gasteiger partial charge in [0.1, 0.15) is 0 Å². The number of ether oxygens (including phenoxy) is 2. The Morgan fingerprint density at radius 2 is 2.00 bits per heavy atom. The van der Waals surface area contributed by atoms with Crippen molar-refractivity contribution < 1.29 is 24.2 Å². The summed E-state index contributed by atoms with van der Waals surface area (Å²) in [5.41, 5.74) is 0.107. The number of hydrogen-bond acceptors (Lipinski definition) is 7. The molecule has 26 heavy (non-hydrogen) atoms. The van der Waals surface area contributed by atoms with Crippen molar-refractivity contribution in [1.82, 2.24) is 5.32 Å². The number of carbonyl (C=O) groups excluding carboxylic acids is 1. The predicted molar refractivity (Wildman–Crippen MR) is 102 cm³/mol. The van der Waals surface area contributed by atoms with Crippen molar-refractivity contribution in [3.63, 3.8) is 0 Å². The minimum absolute atomic E-state index is 0.0549. The first-order chi connectivity index (χ1) is 12.5. The lowest BCUT2D eigenvalue weighted by Crippen LogP contribution is -2.19. The number of hydrogen-bond donors (Lipinski definition) is 2. The summed E-state index contributed by atoms with van der Waals surface area (Å²) in [5, 5.41) is 14.3. The van der Waals surface area contributed by atoms with Crippen molar-refractivity contribution in [3.05, 3.63) is 45.0 Å². The molecule has 0 bridgehead atoms.